The van der Waals surface area contributed by atoms with Crippen molar-refractivity contribution in [2.75, 3.05) is 10.6 Å². The smallest absolute Gasteiger partial charge is 0.0464 e. The fraction of sp³-hybridized carbons (Fsp3) is 0.0943. The van der Waals surface area contributed by atoms with Gasteiger partial charge in [0, 0.05) is 28.8 Å². The van der Waals surface area contributed by atoms with E-state index in [2.05, 4.69) is 173 Å². The van der Waals surface area contributed by atoms with Crippen molar-refractivity contribution >= 4 is 28.2 Å². The lowest BCUT2D eigenvalue weighted by atomic mass is 9.93. The number of benzene rings is 4. The Morgan fingerprint density at radius 1 is 0.636 bits per heavy atom. The molecule has 2 heteroatoms. The van der Waals surface area contributed by atoms with Gasteiger partial charge in [0.15, 0.2) is 0 Å². The van der Waals surface area contributed by atoms with E-state index in [9.17, 15) is 0 Å². The monoisotopic (exact) mass is 718 g/mol. The quantitative estimate of drug-likeness (QED) is 0.106. The molecule has 0 heterocycles. The third kappa shape index (κ3) is 13.1. The molecule has 0 atom stereocenters. The molecule has 0 fully saturated rings. The number of hydrogen-bond donors (Lipinski definition) is 2. The number of hydrogen-bond acceptors (Lipinski definition) is 2. The van der Waals surface area contributed by atoms with E-state index in [0.717, 1.165) is 61.6 Å². The zero-order valence-electron chi connectivity index (χ0n) is 33.0. The number of nitrogens with one attached hydrogen (secondary N) is 2. The molecule has 4 aromatic carbocycles. The van der Waals surface area contributed by atoms with Gasteiger partial charge in [-0.15, -0.1) is 0 Å². The lowest BCUT2D eigenvalue weighted by molar-refractivity contribution is 1.40. The number of aryl methyl sites for hydroxylation is 1. The van der Waals surface area contributed by atoms with E-state index >= 15 is 0 Å². The van der Waals surface area contributed by atoms with Crippen molar-refractivity contribution in [3.05, 3.63) is 247 Å². The first-order valence-corrected chi connectivity index (χ1v) is 18.7. The lowest BCUT2D eigenvalue weighted by Gasteiger charge is -2.16. The molecule has 0 amide bonds. The van der Waals surface area contributed by atoms with E-state index in [-0.39, 0.29) is 0 Å². The van der Waals surface area contributed by atoms with Crippen molar-refractivity contribution in [1.29, 1.82) is 0 Å². The summed E-state index contributed by atoms with van der Waals surface area (Å²) in [7, 11) is 0. The summed E-state index contributed by atoms with van der Waals surface area (Å²) in [5.41, 5.74) is 14.7. The molecule has 55 heavy (non-hydrogen) atoms. The van der Waals surface area contributed by atoms with E-state index in [1.807, 2.05) is 74.7 Å². The highest BCUT2D eigenvalue weighted by Gasteiger charge is 2.11. The molecule has 0 aliphatic heterocycles. The van der Waals surface area contributed by atoms with Crippen LogP contribution in [0.1, 0.15) is 44.4 Å². The summed E-state index contributed by atoms with van der Waals surface area (Å²) in [5, 5.41) is 7.11. The maximum Gasteiger partial charge on any atom is 0.0464 e. The summed E-state index contributed by atoms with van der Waals surface area (Å²) in [4.78, 5) is 0. The van der Waals surface area contributed by atoms with Crippen LogP contribution in [-0.4, -0.2) is 0 Å². The molecule has 276 valence electrons. The van der Waals surface area contributed by atoms with Gasteiger partial charge in [0.2, 0.25) is 0 Å². The molecule has 0 aromatic heterocycles. The Bertz CT molecular complexity index is 2210. The first kappa shape index (κ1) is 41.1. The normalized spacial score (nSPS) is 13.1. The molecule has 0 unspecified atom stereocenters. The zero-order valence-corrected chi connectivity index (χ0v) is 33.0. The number of anilines is 3. The predicted molar refractivity (Wildman–Crippen MR) is 245 cm³/mol. The number of allylic oxidation sites excluding steroid dienone is 20. The minimum absolute atomic E-state index is 0.874. The third-order valence-electron chi connectivity index (χ3n) is 8.86. The van der Waals surface area contributed by atoms with Gasteiger partial charge in [0.05, 0.1) is 0 Å². The Kier molecular flexibility index (Phi) is 16.3. The molecular formula is C53H54N2. The summed E-state index contributed by atoms with van der Waals surface area (Å²) < 4.78 is 0. The Labute approximate surface area is 330 Å². The van der Waals surface area contributed by atoms with Crippen LogP contribution < -0.4 is 10.6 Å². The van der Waals surface area contributed by atoms with Crippen LogP contribution in [0.2, 0.25) is 0 Å². The first-order valence-electron chi connectivity index (χ1n) is 18.7. The minimum Gasteiger partial charge on any atom is -0.362 e. The van der Waals surface area contributed by atoms with Gasteiger partial charge in [0.25, 0.3) is 0 Å². The molecule has 0 bridgehead atoms. The second kappa shape index (κ2) is 21.8. The third-order valence-corrected chi connectivity index (χ3v) is 8.86. The summed E-state index contributed by atoms with van der Waals surface area (Å²) in [6.45, 7) is 23.2. The van der Waals surface area contributed by atoms with Gasteiger partial charge in [-0.05, 0) is 139 Å². The summed E-state index contributed by atoms with van der Waals surface area (Å²) >= 11 is 0. The highest BCUT2D eigenvalue weighted by atomic mass is 14.9. The second-order valence-electron chi connectivity index (χ2n) is 13.2. The van der Waals surface area contributed by atoms with Crippen LogP contribution in [0, 0.1) is 6.92 Å². The van der Waals surface area contributed by atoms with Crippen LogP contribution in [0.15, 0.2) is 230 Å². The average molecular weight is 719 g/mol. The van der Waals surface area contributed by atoms with Gasteiger partial charge in [0.1, 0.15) is 0 Å². The van der Waals surface area contributed by atoms with Crippen LogP contribution in [0.3, 0.4) is 0 Å². The minimum atomic E-state index is 0.874. The molecule has 0 radical (unpaired) electrons. The highest BCUT2D eigenvalue weighted by molar-refractivity contribution is 5.87. The van der Waals surface area contributed by atoms with E-state index in [1.165, 1.54) is 16.7 Å². The topological polar surface area (TPSA) is 24.1 Å². The van der Waals surface area contributed by atoms with E-state index in [0.29, 0.717) is 0 Å². The van der Waals surface area contributed by atoms with E-state index in [4.69, 9.17) is 0 Å². The van der Waals surface area contributed by atoms with Crippen LogP contribution in [-0.2, 0) is 0 Å². The Morgan fingerprint density at radius 2 is 1.33 bits per heavy atom. The molecule has 0 saturated heterocycles. The predicted octanol–water partition coefficient (Wildman–Crippen LogP) is 15.3. The van der Waals surface area contributed by atoms with Gasteiger partial charge < -0.3 is 10.6 Å². The Hall–Kier alpha value is -6.64. The maximum absolute atomic E-state index is 4.64. The number of para-hydroxylation sites is 1. The van der Waals surface area contributed by atoms with E-state index in [1.54, 1.807) is 6.08 Å². The van der Waals surface area contributed by atoms with Crippen molar-refractivity contribution < 1.29 is 0 Å². The standard InChI is InChI=1S/C53H54N2/c1-9-12-14-17-22-42(6)45-29-32-50(33-30-45)54-36-35-49(37-43(7)41(5)21-16-13-10-2)47(20-11-3)38-44(8)52-39-48(46-27-25-40(4)26-28-46)31-34-53(52)55-51-23-18-15-19-24-51/h9-39,54-55H,2,7-8H2,1,3-6H3/b12-9-,16-13-,17-14-,20-11-,36-35-,41-21+,42-22+,47-38+,49-37+. The molecule has 0 saturated carbocycles. The van der Waals surface area contributed by atoms with Crippen molar-refractivity contribution in [2.24, 2.45) is 0 Å². The van der Waals surface area contributed by atoms with Crippen molar-refractivity contribution in [3.8, 4) is 11.1 Å². The Balaban J connectivity index is 1.75. The van der Waals surface area contributed by atoms with Crippen LogP contribution in [0.4, 0.5) is 17.1 Å². The fourth-order valence-corrected chi connectivity index (χ4v) is 5.64. The SMILES string of the molecule is C=C/C=C\C=C(/C)C(=C)/C=C(\C=C/Nc1ccc(/C(C)=C/C=C\C=C/C)cc1)C(/C=C\C)=C/C(=C)c1cc(-c2ccc(C)cc2)ccc1Nc1ccccc1. The van der Waals surface area contributed by atoms with Gasteiger partial charge in [-0.1, -0.05) is 153 Å². The van der Waals surface area contributed by atoms with Gasteiger partial charge >= 0.3 is 0 Å². The zero-order chi connectivity index (χ0) is 39.4. The second-order valence-corrected chi connectivity index (χ2v) is 13.2. The van der Waals surface area contributed by atoms with Crippen molar-refractivity contribution in [2.45, 2.75) is 34.6 Å². The van der Waals surface area contributed by atoms with Gasteiger partial charge in [-0.3, -0.25) is 0 Å². The molecule has 0 aliphatic carbocycles. The molecule has 4 aromatic rings. The Morgan fingerprint density at radius 3 is 2.02 bits per heavy atom. The number of rotatable bonds is 17. The molecule has 0 aliphatic rings. The fourth-order valence-electron chi connectivity index (χ4n) is 5.64. The van der Waals surface area contributed by atoms with E-state index < -0.39 is 0 Å². The molecular weight excluding hydrogens is 665 g/mol. The summed E-state index contributed by atoms with van der Waals surface area (Å²) in [6.07, 6.45) is 30.5. The summed E-state index contributed by atoms with van der Waals surface area (Å²) in [5.74, 6) is 0. The van der Waals surface area contributed by atoms with Crippen LogP contribution >= 0.6 is 0 Å². The molecule has 4 rings (SSSR count). The maximum atomic E-state index is 4.64. The molecule has 0 spiro atoms. The lowest BCUT2D eigenvalue weighted by Crippen LogP contribution is -1.97. The largest absolute Gasteiger partial charge is 0.362 e. The van der Waals surface area contributed by atoms with Gasteiger partial charge in [-0.2, -0.15) is 0 Å². The van der Waals surface area contributed by atoms with Gasteiger partial charge in [-0.25, -0.2) is 0 Å². The molecule has 2 nitrogen and oxygen atoms in total. The average Bonchev–Trinajstić information content (AvgIpc) is 3.20. The highest BCUT2D eigenvalue weighted by Crippen LogP contribution is 2.34. The summed E-state index contributed by atoms with van der Waals surface area (Å²) in [6, 6.07) is 33.9. The van der Waals surface area contributed by atoms with Crippen LogP contribution in [0.5, 0.6) is 0 Å². The van der Waals surface area contributed by atoms with Crippen molar-refractivity contribution in [1.82, 2.24) is 0 Å². The molecule has 2 N–H and O–H groups in total. The first-order chi connectivity index (χ1) is 26.7. The van der Waals surface area contributed by atoms with Crippen molar-refractivity contribution in [3.63, 3.8) is 0 Å². The van der Waals surface area contributed by atoms with Crippen LogP contribution in [0.25, 0.3) is 22.3 Å².